The molecule has 1 aliphatic rings. The van der Waals surface area contributed by atoms with E-state index in [0.717, 1.165) is 13.1 Å². The maximum atomic E-state index is 5.87. The number of piperidine rings is 1. The first-order valence-electron chi connectivity index (χ1n) is 5.63. The summed E-state index contributed by atoms with van der Waals surface area (Å²) in [5, 5.41) is 10.8. The molecule has 0 aromatic carbocycles. The van der Waals surface area contributed by atoms with Gasteiger partial charge in [-0.2, -0.15) is 4.98 Å². The number of hydrogen-bond acceptors (Lipinski definition) is 5. The molecule has 1 N–H and O–H groups in total. The number of hydrogen-bond donors (Lipinski definition) is 1. The van der Waals surface area contributed by atoms with Gasteiger partial charge in [-0.1, -0.05) is 11.6 Å². The van der Waals surface area contributed by atoms with Crippen molar-refractivity contribution in [2.24, 2.45) is 5.92 Å². The Kier molecular flexibility index (Phi) is 4.36. The molecule has 1 aromatic rings. The molecule has 7 heteroatoms. The van der Waals surface area contributed by atoms with Crippen LogP contribution in [0.15, 0.2) is 0 Å². The Morgan fingerprint density at radius 2 is 2.24 bits per heavy atom. The van der Waals surface area contributed by atoms with Gasteiger partial charge in [-0.3, -0.25) is 0 Å². The van der Waals surface area contributed by atoms with E-state index in [2.05, 4.69) is 32.4 Å². The van der Waals surface area contributed by atoms with Crippen LogP contribution >= 0.6 is 23.2 Å². The molecule has 0 radical (unpaired) electrons. The Morgan fingerprint density at radius 1 is 1.41 bits per heavy atom. The molecule has 1 saturated heterocycles. The third kappa shape index (κ3) is 3.66. The van der Waals surface area contributed by atoms with E-state index in [1.54, 1.807) is 0 Å². The number of halogens is 2. The summed E-state index contributed by atoms with van der Waals surface area (Å²) in [5.74, 6) is 1.12. The minimum Gasteiger partial charge on any atom is -0.367 e. The lowest BCUT2D eigenvalue weighted by Gasteiger charge is -2.29. The molecule has 0 amide bonds. The highest BCUT2D eigenvalue weighted by Crippen LogP contribution is 2.19. The first-order chi connectivity index (χ1) is 8.15. The van der Waals surface area contributed by atoms with Crippen molar-refractivity contribution in [3.63, 3.8) is 0 Å². The van der Waals surface area contributed by atoms with E-state index in [-0.39, 0.29) is 10.4 Å². The van der Waals surface area contributed by atoms with Gasteiger partial charge in [0.05, 0.1) is 0 Å². The Bertz CT molecular complexity index is 387. The molecule has 0 saturated carbocycles. The van der Waals surface area contributed by atoms with Crippen LogP contribution in [-0.4, -0.2) is 46.8 Å². The number of anilines is 1. The number of rotatable bonds is 3. The van der Waals surface area contributed by atoms with Crippen LogP contribution < -0.4 is 5.32 Å². The highest BCUT2D eigenvalue weighted by atomic mass is 35.5. The zero-order chi connectivity index (χ0) is 12.3. The van der Waals surface area contributed by atoms with Crippen LogP contribution in [0.3, 0.4) is 0 Å². The minimum absolute atomic E-state index is 0.109. The SMILES string of the molecule is CN1CCCC(CNc2nc(Cl)nnc2Cl)C1. The Balaban J connectivity index is 1.90. The Labute approximate surface area is 111 Å². The molecule has 1 fully saturated rings. The average Bonchev–Trinajstić information content (AvgIpc) is 2.30. The van der Waals surface area contributed by atoms with Gasteiger partial charge in [0.15, 0.2) is 11.0 Å². The second kappa shape index (κ2) is 5.80. The molecule has 0 aliphatic carbocycles. The lowest BCUT2D eigenvalue weighted by Crippen LogP contribution is -2.35. The van der Waals surface area contributed by atoms with Crippen molar-refractivity contribution in [3.8, 4) is 0 Å². The van der Waals surface area contributed by atoms with Gasteiger partial charge in [-0.15, -0.1) is 10.2 Å². The van der Waals surface area contributed by atoms with Crippen LogP contribution in [0.25, 0.3) is 0 Å². The molecule has 17 heavy (non-hydrogen) atoms. The number of nitrogens with one attached hydrogen (secondary N) is 1. The fraction of sp³-hybridized carbons (Fsp3) is 0.700. The van der Waals surface area contributed by atoms with Crippen LogP contribution in [0.2, 0.25) is 10.4 Å². The van der Waals surface area contributed by atoms with Gasteiger partial charge in [-0.25, -0.2) is 0 Å². The number of aromatic nitrogens is 3. The van der Waals surface area contributed by atoms with Crippen LogP contribution in [0, 0.1) is 5.92 Å². The lowest BCUT2D eigenvalue weighted by atomic mass is 9.98. The van der Waals surface area contributed by atoms with E-state index in [0.29, 0.717) is 11.7 Å². The van der Waals surface area contributed by atoms with Gasteiger partial charge in [-0.05, 0) is 44.0 Å². The van der Waals surface area contributed by atoms with Gasteiger partial charge in [0, 0.05) is 13.1 Å². The smallest absolute Gasteiger partial charge is 0.245 e. The molecule has 1 unspecified atom stereocenters. The van der Waals surface area contributed by atoms with E-state index < -0.39 is 0 Å². The zero-order valence-corrected chi connectivity index (χ0v) is 11.2. The topological polar surface area (TPSA) is 53.9 Å². The predicted octanol–water partition coefficient (Wildman–Crippen LogP) is 1.93. The fourth-order valence-electron chi connectivity index (χ4n) is 2.09. The summed E-state index contributed by atoms with van der Waals surface area (Å²) >= 11 is 11.5. The summed E-state index contributed by atoms with van der Waals surface area (Å²) in [5.41, 5.74) is 0. The van der Waals surface area contributed by atoms with E-state index in [4.69, 9.17) is 23.2 Å². The average molecular weight is 276 g/mol. The van der Waals surface area contributed by atoms with E-state index in [1.165, 1.54) is 19.4 Å². The fourth-order valence-corrected chi connectivity index (χ4v) is 2.36. The van der Waals surface area contributed by atoms with Crippen molar-refractivity contribution in [3.05, 3.63) is 10.4 Å². The van der Waals surface area contributed by atoms with Crippen molar-refractivity contribution in [2.45, 2.75) is 12.8 Å². The monoisotopic (exact) mass is 275 g/mol. The molecular formula is C10H15Cl2N5. The molecule has 1 atom stereocenters. The van der Waals surface area contributed by atoms with Crippen molar-refractivity contribution in [1.82, 2.24) is 20.1 Å². The van der Waals surface area contributed by atoms with Crippen molar-refractivity contribution in [2.75, 3.05) is 32.0 Å². The maximum absolute atomic E-state index is 5.87. The molecule has 0 bridgehead atoms. The summed E-state index contributed by atoms with van der Waals surface area (Å²) < 4.78 is 0. The molecule has 1 aromatic heterocycles. The quantitative estimate of drug-likeness (QED) is 0.914. The van der Waals surface area contributed by atoms with Crippen LogP contribution in [0.5, 0.6) is 0 Å². The number of nitrogens with zero attached hydrogens (tertiary/aromatic N) is 4. The maximum Gasteiger partial charge on any atom is 0.245 e. The minimum atomic E-state index is 0.109. The molecule has 5 nitrogen and oxygen atoms in total. The van der Waals surface area contributed by atoms with E-state index in [1.807, 2.05) is 0 Å². The van der Waals surface area contributed by atoms with Crippen LogP contribution in [0.4, 0.5) is 5.82 Å². The molecule has 1 aliphatic heterocycles. The first-order valence-corrected chi connectivity index (χ1v) is 6.39. The summed E-state index contributed by atoms with van der Waals surface area (Å²) in [6, 6.07) is 0. The third-order valence-electron chi connectivity index (χ3n) is 2.90. The lowest BCUT2D eigenvalue weighted by molar-refractivity contribution is 0.217. The predicted molar refractivity (Wildman–Crippen MR) is 68.6 cm³/mol. The Morgan fingerprint density at radius 3 is 3.00 bits per heavy atom. The summed E-state index contributed by atoms with van der Waals surface area (Å²) in [7, 11) is 2.14. The van der Waals surface area contributed by atoms with Gasteiger partial charge >= 0.3 is 0 Å². The van der Waals surface area contributed by atoms with E-state index in [9.17, 15) is 0 Å². The van der Waals surface area contributed by atoms with Gasteiger partial charge in [0.2, 0.25) is 5.28 Å². The standard InChI is InChI=1S/C10H15Cl2N5/c1-17-4-2-3-7(6-17)5-13-9-8(11)15-16-10(12)14-9/h7H,2-6H2,1H3,(H,13,14,16). The normalized spacial score (nSPS) is 21.5. The van der Waals surface area contributed by atoms with Gasteiger partial charge in [0.1, 0.15) is 0 Å². The summed E-state index contributed by atoms with van der Waals surface area (Å²) in [4.78, 5) is 6.35. The highest BCUT2D eigenvalue weighted by molar-refractivity contribution is 6.32. The first kappa shape index (κ1) is 12.8. The van der Waals surface area contributed by atoms with Crippen LogP contribution in [0.1, 0.15) is 12.8 Å². The zero-order valence-electron chi connectivity index (χ0n) is 9.66. The summed E-state index contributed by atoms with van der Waals surface area (Å²) in [6.07, 6.45) is 2.46. The molecular weight excluding hydrogens is 261 g/mol. The second-order valence-electron chi connectivity index (χ2n) is 4.37. The molecule has 2 heterocycles. The molecule has 2 rings (SSSR count). The van der Waals surface area contributed by atoms with Gasteiger partial charge in [0.25, 0.3) is 0 Å². The number of likely N-dealkylation sites (tertiary alicyclic amines) is 1. The second-order valence-corrected chi connectivity index (χ2v) is 5.07. The van der Waals surface area contributed by atoms with Crippen LogP contribution in [-0.2, 0) is 0 Å². The highest BCUT2D eigenvalue weighted by Gasteiger charge is 2.17. The third-order valence-corrected chi connectivity index (χ3v) is 3.31. The van der Waals surface area contributed by atoms with Crippen molar-refractivity contribution < 1.29 is 0 Å². The summed E-state index contributed by atoms with van der Waals surface area (Å²) in [6.45, 7) is 3.11. The Hall–Kier alpha value is -0.650. The van der Waals surface area contributed by atoms with Gasteiger partial charge < -0.3 is 10.2 Å². The molecule has 94 valence electrons. The van der Waals surface area contributed by atoms with Crippen molar-refractivity contribution >= 4 is 29.0 Å². The largest absolute Gasteiger partial charge is 0.367 e. The van der Waals surface area contributed by atoms with Crippen molar-refractivity contribution in [1.29, 1.82) is 0 Å². The molecule has 0 spiro atoms. The van der Waals surface area contributed by atoms with E-state index >= 15 is 0 Å².